The highest BCUT2D eigenvalue weighted by Gasteiger charge is 2.31. The smallest absolute Gasteiger partial charge is 0.182 e. The van der Waals surface area contributed by atoms with E-state index in [-0.39, 0.29) is 0 Å². The molecule has 1 N–H and O–H groups in total. The Morgan fingerprint density at radius 3 is 1.93 bits per heavy atom. The molecule has 3 rings (SSSR count). The average Bonchev–Trinajstić information content (AvgIpc) is 2.74. The van der Waals surface area contributed by atoms with Gasteiger partial charge in [-0.2, -0.15) is 0 Å². The van der Waals surface area contributed by atoms with Crippen molar-refractivity contribution in [2.45, 2.75) is 25.6 Å². The highest BCUT2D eigenvalue weighted by molar-refractivity contribution is 7.85. The van der Waals surface area contributed by atoms with E-state index in [1.54, 1.807) is 0 Å². The van der Waals surface area contributed by atoms with Crippen molar-refractivity contribution >= 4 is 37.6 Å². The van der Waals surface area contributed by atoms with Crippen molar-refractivity contribution in [1.29, 1.82) is 0 Å². The van der Waals surface area contributed by atoms with Gasteiger partial charge in [0, 0.05) is 34.2 Å². The molecule has 0 aliphatic rings. The van der Waals surface area contributed by atoms with Crippen molar-refractivity contribution in [2.75, 3.05) is 6.54 Å². The van der Waals surface area contributed by atoms with Crippen LogP contribution in [0.1, 0.15) is 12.0 Å². The van der Waals surface area contributed by atoms with Gasteiger partial charge in [-0.3, -0.25) is 4.99 Å². The fraction of sp³-hybridized carbons (Fsp3) is 0.208. The van der Waals surface area contributed by atoms with E-state index in [1.807, 2.05) is 104 Å². The summed E-state index contributed by atoms with van der Waals surface area (Å²) < 4.78 is 14.6. The summed E-state index contributed by atoms with van der Waals surface area (Å²) in [5.41, 5.74) is 0.879. The van der Waals surface area contributed by atoms with Gasteiger partial charge in [0.15, 0.2) is 15.5 Å². The highest BCUT2D eigenvalue weighted by Crippen LogP contribution is 2.42. The molecule has 0 aliphatic carbocycles. The van der Waals surface area contributed by atoms with Gasteiger partial charge in [0.1, 0.15) is 0 Å². The molecular weight excluding hydrogens is 393 g/mol. The summed E-state index contributed by atoms with van der Waals surface area (Å²) in [6.07, 6.45) is 2.70. The van der Waals surface area contributed by atoms with E-state index < -0.39 is 15.5 Å². The second-order valence-electron chi connectivity index (χ2n) is 7.79. The molecular formula is C24H28NO2PSi. The molecule has 3 nitrogen and oxygen atoms in total. The molecule has 5 heteroatoms. The number of rotatable bonds is 8. The number of hydrogen-bond acceptors (Lipinski definition) is 3. The van der Waals surface area contributed by atoms with E-state index in [0.29, 0.717) is 6.54 Å². The summed E-state index contributed by atoms with van der Waals surface area (Å²) >= 11 is 0. The van der Waals surface area contributed by atoms with Crippen LogP contribution in [-0.4, -0.2) is 25.9 Å². The third kappa shape index (κ3) is 5.42. The second kappa shape index (κ2) is 9.49. The molecule has 0 aliphatic heterocycles. The van der Waals surface area contributed by atoms with Crippen LogP contribution in [-0.2, 0) is 4.57 Å². The number of nitrogens with zero attached hydrogens (tertiary/aromatic N) is 1. The average molecular weight is 422 g/mol. The van der Waals surface area contributed by atoms with Crippen LogP contribution >= 0.6 is 7.14 Å². The number of benzene rings is 3. The first-order chi connectivity index (χ1) is 13.9. The maximum absolute atomic E-state index is 14.6. The van der Waals surface area contributed by atoms with Gasteiger partial charge in [0.2, 0.25) is 0 Å². The van der Waals surface area contributed by atoms with Gasteiger partial charge in [-0.1, -0.05) is 84.9 Å². The van der Waals surface area contributed by atoms with E-state index >= 15 is 0 Å². The third-order valence-electron chi connectivity index (χ3n) is 4.82. The molecule has 0 aromatic heterocycles. The second-order valence-corrected chi connectivity index (χ2v) is 14.6. The van der Waals surface area contributed by atoms with Crippen LogP contribution in [0.15, 0.2) is 89.9 Å². The number of hydrogen-bond donors (Lipinski definition) is 1. The van der Waals surface area contributed by atoms with Gasteiger partial charge < -0.3 is 9.36 Å². The molecule has 3 aromatic carbocycles. The summed E-state index contributed by atoms with van der Waals surface area (Å²) in [5.74, 6) is 0. The monoisotopic (exact) mass is 421 g/mol. The minimum atomic E-state index is -3.02. The molecule has 0 amide bonds. The molecule has 3 aromatic rings. The van der Waals surface area contributed by atoms with Crippen molar-refractivity contribution in [2.24, 2.45) is 4.99 Å². The lowest BCUT2D eigenvalue weighted by atomic mass is 10.2. The lowest BCUT2D eigenvalue weighted by Gasteiger charge is -2.21. The van der Waals surface area contributed by atoms with E-state index in [9.17, 15) is 9.36 Å². The van der Waals surface area contributed by atoms with Crippen molar-refractivity contribution in [3.8, 4) is 0 Å². The molecule has 150 valence electrons. The zero-order valence-corrected chi connectivity index (χ0v) is 18.9. The molecule has 0 atom stereocenters. The predicted molar refractivity (Wildman–Crippen MR) is 127 cm³/mol. The molecule has 0 fully saturated rings. The van der Waals surface area contributed by atoms with Gasteiger partial charge >= 0.3 is 0 Å². The molecule has 29 heavy (non-hydrogen) atoms. The summed E-state index contributed by atoms with van der Waals surface area (Å²) in [6, 6.07) is 28.0. The zero-order valence-electron chi connectivity index (χ0n) is 17.0. The number of aliphatic imine (C=N–C) groups is 1. The Morgan fingerprint density at radius 1 is 0.862 bits per heavy atom. The van der Waals surface area contributed by atoms with Gasteiger partial charge in [-0.05, 0) is 25.6 Å². The fourth-order valence-corrected chi connectivity index (χ4v) is 7.21. The molecule has 0 saturated carbocycles. The SMILES string of the molecule is C[Si](C)(O)CCCN=Cc1ccccc1P(=O)(c1ccccc1)c1ccccc1. The van der Waals surface area contributed by atoms with Gasteiger partial charge in [-0.15, -0.1) is 0 Å². The zero-order chi connectivity index (χ0) is 20.7. The maximum atomic E-state index is 14.6. The first-order valence-corrected chi connectivity index (χ1v) is 14.8. The normalized spacial score (nSPS) is 12.4. The standard InChI is InChI=1S/C24H28NO2PSi/c1-29(2,27)19-11-18-25-20-21-12-9-10-17-24(21)28(26,22-13-5-3-6-14-22)23-15-7-4-8-16-23/h3-10,12-17,20,27H,11,18-19H2,1-2H3. The van der Waals surface area contributed by atoms with Crippen molar-refractivity contribution in [3.05, 3.63) is 90.5 Å². The van der Waals surface area contributed by atoms with Crippen LogP contribution in [0.5, 0.6) is 0 Å². The fourth-order valence-electron chi connectivity index (χ4n) is 3.35. The Hall–Kier alpha value is -2.26. The van der Waals surface area contributed by atoms with E-state index in [1.165, 1.54) is 0 Å². The van der Waals surface area contributed by atoms with Crippen LogP contribution in [0.25, 0.3) is 0 Å². The van der Waals surface area contributed by atoms with Crippen LogP contribution in [0, 0.1) is 0 Å². The topological polar surface area (TPSA) is 49.7 Å². The molecule has 0 heterocycles. The van der Waals surface area contributed by atoms with Gasteiger partial charge in [0.05, 0.1) is 0 Å². The van der Waals surface area contributed by atoms with Crippen LogP contribution in [0.3, 0.4) is 0 Å². The van der Waals surface area contributed by atoms with E-state index in [0.717, 1.165) is 33.9 Å². The molecule has 0 spiro atoms. The van der Waals surface area contributed by atoms with Gasteiger partial charge in [-0.25, -0.2) is 0 Å². The summed E-state index contributed by atoms with van der Waals surface area (Å²) in [5, 5.41) is 2.44. The molecule has 0 unspecified atom stereocenters. The van der Waals surface area contributed by atoms with Gasteiger partial charge in [0.25, 0.3) is 0 Å². The summed E-state index contributed by atoms with van der Waals surface area (Å²) in [6.45, 7) is 4.55. The Labute approximate surface area is 174 Å². The molecule has 0 radical (unpaired) electrons. The minimum absolute atomic E-state index is 0.659. The Balaban J connectivity index is 1.99. The Morgan fingerprint density at radius 2 is 1.38 bits per heavy atom. The molecule has 0 saturated heterocycles. The summed E-state index contributed by atoms with van der Waals surface area (Å²) in [7, 11) is -5.05. The van der Waals surface area contributed by atoms with Crippen molar-refractivity contribution in [1.82, 2.24) is 0 Å². The van der Waals surface area contributed by atoms with Crippen molar-refractivity contribution in [3.63, 3.8) is 0 Å². The van der Waals surface area contributed by atoms with Crippen molar-refractivity contribution < 1.29 is 9.36 Å². The minimum Gasteiger partial charge on any atom is -0.432 e. The largest absolute Gasteiger partial charge is 0.432 e. The maximum Gasteiger partial charge on any atom is 0.182 e. The quantitative estimate of drug-likeness (QED) is 0.255. The highest BCUT2D eigenvalue weighted by atomic mass is 31.2. The van der Waals surface area contributed by atoms with Crippen LogP contribution in [0.4, 0.5) is 0 Å². The van der Waals surface area contributed by atoms with Crippen LogP contribution < -0.4 is 15.9 Å². The lowest BCUT2D eigenvalue weighted by molar-refractivity contribution is 0.544. The lowest BCUT2D eigenvalue weighted by Crippen LogP contribution is -2.27. The van der Waals surface area contributed by atoms with E-state index in [4.69, 9.17) is 0 Å². The third-order valence-corrected chi connectivity index (χ3v) is 9.54. The first kappa shape index (κ1) is 21.4. The Bertz CT molecular complexity index is 955. The predicted octanol–water partition coefficient (Wildman–Crippen LogP) is 4.33. The first-order valence-electron chi connectivity index (χ1n) is 9.94. The Kier molecular flexibility index (Phi) is 7.02. The van der Waals surface area contributed by atoms with E-state index in [2.05, 4.69) is 4.99 Å². The molecule has 0 bridgehead atoms. The van der Waals surface area contributed by atoms with Crippen LogP contribution in [0.2, 0.25) is 19.1 Å². The summed E-state index contributed by atoms with van der Waals surface area (Å²) in [4.78, 5) is 14.6.